The molecule has 0 saturated carbocycles. The van der Waals surface area contributed by atoms with Crippen molar-refractivity contribution in [3.05, 3.63) is 0 Å². The maximum absolute atomic E-state index is 2.17. The third-order valence-corrected chi connectivity index (χ3v) is 0. The highest BCUT2D eigenvalue weighted by Gasteiger charge is 1.68. The average molecular weight is 312 g/mol. The molecule has 0 heterocycles. The van der Waals surface area contributed by atoms with E-state index in [0.717, 1.165) is 5.92 Å². The lowest BCUT2D eigenvalue weighted by atomic mass is 10.3. The molecule has 40 valence electrons. The molecular formula is C4H10I2. The number of hydrogen-bond acceptors (Lipinski definition) is 0. The van der Waals surface area contributed by atoms with Crippen molar-refractivity contribution in [3.63, 3.8) is 0 Å². The van der Waals surface area contributed by atoms with Crippen LogP contribution in [0, 0.1) is 5.92 Å². The Hall–Kier alpha value is 1.46. The van der Waals surface area contributed by atoms with Gasteiger partial charge in [0.25, 0.3) is 0 Å². The van der Waals surface area contributed by atoms with Crippen LogP contribution in [0.15, 0.2) is 0 Å². The fourth-order valence-corrected chi connectivity index (χ4v) is 0. The van der Waals surface area contributed by atoms with Gasteiger partial charge in [0.2, 0.25) is 0 Å². The first-order chi connectivity index (χ1) is 2.73. The van der Waals surface area contributed by atoms with Crippen molar-refractivity contribution in [2.45, 2.75) is 20.8 Å². The Balaban J connectivity index is 0. The minimum Gasteiger partial charge on any atom is -0.0630 e. The van der Waals surface area contributed by atoms with Crippen molar-refractivity contribution in [2.75, 3.05) is 0 Å². The topological polar surface area (TPSA) is 0 Å². The molecule has 0 fully saturated rings. The zero-order valence-electron chi connectivity index (χ0n) is 4.33. The minimum atomic E-state index is 0.833. The normalized spacial score (nSPS) is 7.00. The quantitative estimate of drug-likeness (QED) is 0.601. The summed E-state index contributed by atoms with van der Waals surface area (Å²) >= 11 is 4.24. The molecule has 0 spiro atoms. The van der Waals surface area contributed by atoms with Crippen molar-refractivity contribution in [2.24, 2.45) is 5.92 Å². The zero-order valence-corrected chi connectivity index (χ0v) is 8.65. The lowest BCUT2D eigenvalue weighted by Gasteiger charge is -1.79. The van der Waals surface area contributed by atoms with Gasteiger partial charge >= 0.3 is 0 Å². The molecule has 0 aromatic heterocycles. The van der Waals surface area contributed by atoms with Crippen LogP contribution in [0.5, 0.6) is 0 Å². The third-order valence-electron chi connectivity index (χ3n) is 0. The van der Waals surface area contributed by atoms with Crippen LogP contribution in [0.2, 0.25) is 0 Å². The molecule has 0 atom stereocenters. The number of halogens is 2. The molecule has 2 heteroatoms. The molecule has 0 aliphatic rings. The fraction of sp³-hybridized carbons (Fsp3) is 1.00. The van der Waals surface area contributed by atoms with Crippen LogP contribution < -0.4 is 0 Å². The zero-order chi connectivity index (χ0) is 5.58. The monoisotopic (exact) mass is 312 g/mol. The maximum atomic E-state index is 2.17. The van der Waals surface area contributed by atoms with Crippen LogP contribution in [-0.2, 0) is 0 Å². The molecule has 0 nitrogen and oxygen atoms in total. The minimum absolute atomic E-state index is 0.833. The van der Waals surface area contributed by atoms with Crippen molar-refractivity contribution in [1.29, 1.82) is 0 Å². The Bertz CT molecular complexity index is 10.3. The maximum Gasteiger partial charge on any atom is 0 e. The summed E-state index contributed by atoms with van der Waals surface area (Å²) < 4.78 is 0. The van der Waals surface area contributed by atoms with Gasteiger partial charge in [-0.15, -0.1) is 0 Å². The van der Waals surface area contributed by atoms with Gasteiger partial charge in [-0.1, -0.05) is 20.8 Å². The first-order valence-corrected chi connectivity index (χ1v) is 8.16. The third kappa shape index (κ3) is 51.0. The molecule has 0 aromatic carbocycles. The van der Waals surface area contributed by atoms with E-state index in [1.807, 2.05) is 0 Å². The van der Waals surface area contributed by atoms with E-state index in [4.69, 9.17) is 0 Å². The lowest BCUT2D eigenvalue weighted by molar-refractivity contribution is 0.737. The molecule has 0 aliphatic carbocycles. The van der Waals surface area contributed by atoms with Gasteiger partial charge < -0.3 is 0 Å². The molecule has 0 amide bonds. The van der Waals surface area contributed by atoms with Crippen LogP contribution in [0.1, 0.15) is 20.8 Å². The van der Waals surface area contributed by atoms with E-state index in [1.54, 1.807) is 0 Å². The Morgan fingerprint density at radius 3 is 1.00 bits per heavy atom. The number of rotatable bonds is 0. The molecule has 0 radical (unpaired) electrons. The molecular weight excluding hydrogens is 302 g/mol. The summed E-state index contributed by atoms with van der Waals surface area (Å²) in [5, 5.41) is 0. The highest BCUT2D eigenvalue weighted by atomic mass is 128. The van der Waals surface area contributed by atoms with Crippen LogP contribution in [0.4, 0.5) is 0 Å². The predicted octanol–water partition coefficient (Wildman–Crippen LogP) is 3.43. The average Bonchev–Trinajstić information content (AvgIpc) is 1.41. The second-order valence-electron chi connectivity index (χ2n) is 1.73. The van der Waals surface area contributed by atoms with Crippen molar-refractivity contribution in [3.8, 4) is 0 Å². The van der Waals surface area contributed by atoms with Gasteiger partial charge in [-0.3, -0.25) is 0 Å². The van der Waals surface area contributed by atoms with E-state index in [9.17, 15) is 0 Å². The van der Waals surface area contributed by atoms with Crippen LogP contribution in [0.25, 0.3) is 0 Å². The van der Waals surface area contributed by atoms with Crippen LogP contribution in [-0.4, -0.2) is 0 Å². The standard InChI is InChI=1S/C4H10.I2/c1-4(2)3;1-2/h4H,1-3H3;. The smallest absolute Gasteiger partial charge is 0 e. The van der Waals surface area contributed by atoms with E-state index in [-0.39, 0.29) is 0 Å². The lowest BCUT2D eigenvalue weighted by Crippen LogP contribution is -1.66. The molecule has 0 aromatic rings. The Kier molecular flexibility index (Phi) is 16.9. The first-order valence-electron chi connectivity index (χ1n) is 1.87. The van der Waals surface area contributed by atoms with Gasteiger partial charge in [0.15, 0.2) is 0 Å². The second-order valence-corrected chi connectivity index (χ2v) is 1.73. The summed E-state index contributed by atoms with van der Waals surface area (Å²) in [6, 6.07) is 0. The molecule has 0 N–H and O–H groups in total. The molecule has 0 aliphatic heterocycles. The van der Waals surface area contributed by atoms with E-state index in [2.05, 4.69) is 58.0 Å². The van der Waals surface area contributed by atoms with E-state index >= 15 is 0 Å². The van der Waals surface area contributed by atoms with Crippen molar-refractivity contribution >= 4 is 37.2 Å². The summed E-state index contributed by atoms with van der Waals surface area (Å²) in [5.41, 5.74) is 0. The van der Waals surface area contributed by atoms with Crippen molar-refractivity contribution in [1.82, 2.24) is 0 Å². The van der Waals surface area contributed by atoms with Gasteiger partial charge in [-0.05, 0) is 5.92 Å². The van der Waals surface area contributed by atoms with Gasteiger partial charge in [0.05, 0.1) is 0 Å². The summed E-state index contributed by atoms with van der Waals surface area (Å²) in [6.07, 6.45) is 0. The first kappa shape index (κ1) is 10.4. The number of hydrogen-bond donors (Lipinski definition) is 0. The second kappa shape index (κ2) is 9.68. The highest BCUT2D eigenvalue weighted by molar-refractivity contribution is 15.0. The SMILES string of the molecule is CC(C)C.II. The Morgan fingerprint density at radius 1 is 1.00 bits per heavy atom. The van der Waals surface area contributed by atoms with Gasteiger partial charge in [0, 0.05) is 37.2 Å². The van der Waals surface area contributed by atoms with Crippen LogP contribution in [0.3, 0.4) is 0 Å². The highest BCUT2D eigenvalue weighted by Crippen LogP contribution is 1.89. The molecule has 0 bridgehead atoms. The predicted molar refractivity (Wildman–Crippen MR) is 48.6 cm³/mol. The van der Waals surface area contributed by atoms with E-state index < -0.39 is 0 Å². The summed E-state index contributed by atoms with van der Waals surface area (Å²) in [5.74, 6) is 0.833. The Morgan fingerprint density at radius 2 is 1.00 bits per heavy atom. The van der Waals surface area contributed by atoms with Gasteiger partial charge in [-0.2, -0.15) is 0 Å². The summed E-state index contributed by atoms with van der Waals surface area (Å²) in [6.45, 7) is 6.50. The molecule has 0 rings (SSSR count). The van der Waals surface area contributed by atoms with Gasteiger partial charge in [0.1, 0.15) is 0 Å². The largest absolute Gasteiger partial charge is 0.0630 e. The van der Waals surface area contributed by atoms with E-state index in [0.29, 0.717) is 0 Å². The molecule has 0 saturated heterocycles. The summed E-state index contributed by atoms with van der Waals surface area (Å²) in [7, 11) is 0. The Labute approximate surface area is 63.4 Å². The van der Waals surface area contributed by atoms with E-state index in [1.165, 1.54) is 0 Å². The molecule has 6 heavy (non-hydrogen) atoms. The molecule has 0 unspecified atom stereocenters. The van der Waals surface area contributed by atoms with Crippen molar-refractivity contribution < 1.29 is 0 Å². The summed E-state index contributed by atoms with van der Waals surface area (Å²) in [4.78, 5) is 0. The van der Waals surface area contributed by atoms with Crippen LogP contribution >= 0.6 is 37.2 Å². The fourth-order valence-electron chi connectivity index (χ4n) is 0. The van der Waals surface area contributed by atoms with Gasteiger partial charge in [-0.25, -0.2) is 0 Å².